The Morgan fingerprint density at radius 3 is 1.14 bits per heavy atom. The summed E-state index contributed by atoms with van der Waals surface area (Å²) in [6.45, 7) is 0. The Hall–Kier alpha value is -7.63. The lowest BCUT2D eigenvalue weighted by Gasteiger charge is -2.12. The molecule has 0 N–H and O–H groups in total. The number of nitrogens with zero attached hydrogens (tertiary/aromatic N) is 5. The molecule has 0 saturated carbocycles. The monoisotopic (exact) mass is 715 g/mol. The molecule has 3 aromatic heterocycles. The number of para-hydroxylation sites is 2. The zero-order valence-corrected chi connectivity index (χ0v) is 30.3. The van der Waals surface area contributed by atoms with E-state index >= 15 is 0 Å². The van der Waals surface area contributed by atoms with Crippen LogP contribution in [0.2, 0.25) is 0 Å². The van der Waals surface area contributed by atoms with Crippen LogP contribution in [-0.4, -0.2) is 24.1 Å². The van der Waals surface area contributed by atoms with Crippen molar-refractivity contribution in [1.82, 2.24) is 24.1 Å². The number of aromatic nitrogens is 5. The van der Waals surface area contributed by atoms with Gasteiger partial charge in [-0.05, 0) is 59.7 Å². The topological polar surface area (TPSA) is 48.5 Å². The molecule has 11 rings (SSSR count). The summed E-state index contributed by atoms with van der Waals surface area (Å²) in [5.74, 6) is 1.91. The molecule has 8 aromatic carbocycles. The van der Waals surface area contributed by atoms with Gasteiger partial charge in [-0.1, -0.05) is 152 Å². The Balaban J connectivity index is 1.13. The third-order valence-electron chi connectivity index (χ3n) is 10.7. The van der Waals surface area contributed by atoms with Crippen LogP contribution in [0.5, 0.6) is 0 Å². The van der Waals surface area contributed by atoms with Crippen molar-refractivity contribution in [2.45, 2.75) is 0 Å². The standard InChI is InChI=1S/C51H33N5/c1-4-16-34(17-5-1)37-22-14-24-39(32-37)55-43-28-12-10-26-41(43)47-45(55)30-31-46-48(47)42-27-11-13-29-44(42)56(46)40-25-15-23-38(33-40)51-53-49(35-18-6-2-7-19-35)52-50(54-51)36-20-8-3-9-21-36/h1-33H. The van der Waals surface area contributed by atoms with E-state index < -0.39 is 0 Å². The zero-order valence-electron chi connectivity index (χ0n) is 30.3. The molecule has 0 atom stereocenters. The van der Waals surface area contributed by atoms with Crippen molar-refractivity contribution in [1.29, 1.82) is 0 Å². The van der Waals surface area contributed by atoms with Gasteiger partial charge < -0.3 is 9.13 Å². The number of hydrogen-bond donors (Lipinski definition) is 0. The van der Waals surface area contributed by atoms with E-state index in [0.29, 0.717) is 17.5 Å². The lowest BCUT2D eigenvalue weighted by atomic mass is 10.0. The average molecular weight is 716 g/mol. The largest absolute Gasteiger partial charge is 0.309 e. The zero-order chi connectivity index (χ0) is 37.0. The van der Waals surface area contributed by atoms with Crippen molar-refractivity contribution < 1.29 is 0 Å². The third kappa shape index (κ3) is 5.21. The van der Waals surface area contributed by atoms with E-state index in [1.807, 2.05) is 60.7 Å². The average Bonchev–Trinajstić information content (AvgIpc) is 3.80. The smallest absolute Gasteiger partial charge is 0.164 e. The number of rotatable bonds is 6. The molecule has 3 heterocycles. The molecule has 0 aliphatic heterocycles. The SMILES string of the molecule is c1ccc(-c2cccc(-n3c4ccccc4c4c5c6ccccc6n(-c6cccc(-c7nc(-c8ccccc8)nc(-c8ccccc8)n7)c6)c5ccc43)c2)cc1. The highest BCUT2D eigenvalue weighted by Crippen LogP contribution is 2.43. The summed E-state index contributed by atoms with van der Waals surface area (Å²) in [6, 6.07) is 70.4. The lowest BCUT2D eigenvalue weighted by molar-refractivity contribution is 1.07. The number of benzene rings is 8. The van der Waals surface area contributed by atoms with Crippen LogP contribution in [0, 0.1) is 0 Å². The van der Waals surface area contributed by atoms with E-state index in [1.165, 1.54) is 43.7 Å². The van der Waals surface area contributed by atoms with E-state index in [-0.39, 0.29) is 0 Å². The van der Waals surface area contributed by atoms with Gasteiger partial charge in [-0.2, -0.15) is 0 Å². The molecule has 0 aliphatic carbocycles. The van der Waals surface area contributed by atoms with Crippen molar-refractivity contribution in [2.75, 3.05) is 0 Å². The fraction of sp³-hybridized carbons (Fsp3) is 0. The van der Waals surface area contributed by atoms with Gasteiger partial charge >= 0.3 is 0 Å². The first-order valence-corrected chi connectivity index (χ1v) is 18.9. The van der Waals surface area contributed by atoms with Crippen LogP contribution < -0.4 is 0 Å². The summed E-state index contributed by atoms with van der Waals surface area (Å²) in [5.41, 5.74) is 12.0. The maximum absolute atomic E-state index is 5.04. The molecule has 11 aromatic rings. The first-order chi connectivity index (χ1) is 27.8. The molecule has 0 fully saturated rings. The highest BCUT2D eigenvalue weighted by atomic mass is 15.0. The van der Waals surface area contributed by atoms with Gasteiger partial charge in [0.25, 0.3) is 0 Å². The lowest BCUT2D eigenvalue weighted by Crippen LogP contribution is -2.01. The molecule has 0 aliphatic rings. The van der Waals surface area contributed by atoms with Crippen molar-refractivity contribution in [3.8, 4) is 56.7 Å². The fourth-order valence-corrected chi connectivity index (χ4v) is 8.25. The van der Waals surface area contributed by atoms with Crippen molar-refractivity contribution in [2.24, 2.45) is 0 Å². The Kier molecular flexibility index (Phi) is 7.42. The fourth-order valence-electron chi connectivity index (χ4n) is 8.25. The molecule has 0 radical (unpaired) electrons. The van der Waals surface area contributed by atoms with Gasteiger partial charge in [0, 0.05) is 49.6 Å². The Labute approximate surface area is 323 Å². The Morgan fingerprint density at radius 1 is 0.268 bits per heavy atom. The minimum atomic E-state index is 0.628. The Bertz CT molecular complexity index is 3180. The molecule has 262 valence electrons. The van der Waals surface area contributed by atoms with Gasteiger partial charge in [-0.3, -0.25) is 0 Å². The summed E-state index contributed by atoms with van der Waals surface area (Å²) >= 11 is 0. The summed E-state index contributed by atoms with van der Waals surface area (Å²) < 4.78 is 4.80. The molecule has 0 amide bonds. The molecular weight excluding hydrogens is 683 g/mol. The molecular formula is C51H33N5. The molecule has 5 heteroatoms. The van der Waals surface area contributed by atoms with Gasteiger partial charge in [-0.25, -0.2) is 15.0 Å². The van der Waals surface area contributed by atoms with Gasteiger partial charge in [0.2, 0.25) is 0 Å². The van der Waals surface area contributed by atoms with E-state index in [0.717, 1.165) is 39.1 Å². The quantitative estimate of drug-likeness (QED) is 0.172. The van der Waals surface area contributed by atoms with Gasteiger partial charge in [0.05, 0.1) is 22.1 Å². The van der Waals surface area contributed by atoms with Crippen molar-refractivity contribution in [3.05, 3.63) is 200 Å². The molecule has 0 bridgehead atoms. The van der Waals surface area contributed by atoms with Crippen LogP contribution in [0.25, 0.3) is 100 Å². The first kappa shape index (κ1) is 31.9. The molecule has 0 unspecified atom stereocenters. The predicted molar refractivity (Wildman–Crippen MR) is 230 cm³/mol. The van der Waals surface area contributed by atoms with Crippen LogP contribution in [0.1, 0.15) is 0 Å². The van der Waals surface area contributed by atoms with Crippen LogP contribution in [0.4, 0.5) is 0 Å². The number of hydrogen-bond acceptors (Lipinski definition) is 3. The maximum Gasteiger partial charge on any atom is 0.164 e. The second-order valence-electron chi connectivity index (χ2n) is 14.1. The van der Waals surface area contributed by atoms with E-state index in [1.54, 1.807) is 0 Å². The van der Waals surface area contributed by atoms with E-state index in [2.05, 4.69) is 149 Å². The molecule has 0 spiro atoms. The Morgan fingerprint density at radius 2 is 0.643 bits per heavy atom. The van der Waals surface area contributed by atoms with Crippen LogP contribution in [0.3, 0.4) is 0 Å². The highest BCUT2D eigenvalue weighted by Gasteiger charge is 2.21. The van der Waals surface area contributed by atoms with E-state index in [9.17, 15) is 0 Å². The van der Waals surface area contributed by atoms with E-state index in [4.69, 9.17) is 15.0 Å². The highest BCUT2D eigenvalue weighted by molar-refractivity contribution is 6.28. The second kappa shape index (κ2) is 13.0. The predicted octanol–water partition coefficient (Wildman–Crippen LogP) is 12.7. The minimum absolute atomic E-state index is 0.628. The third-order valence-corrected chi connectivity index (χ3v) is 10.7. The number of fused-ring (bicyclic) bond motifs is 7. The first-order valence-electron chi connectivity index (χ1n) is 18.9. The minimum Gasteiger partial charge on any atom is -0.309 e. The summed E-state index contributed by atoms with van der Waals surface area (Å²) in [6.07, 6.45) is 0. The van der Waals surface area contributed by atoms with Crippen LogP contribution >= 0.6 is 0 Å². The van der Waals surface area contributed by atoms with Crippen molar-refractivity contribution >= 4 is 43.6 Å². The second-order valence-corrected chi connectivity index (χ2v) is 14.1. The van der Waals surface area contributed by atoms with Gasteiger partial charge in [0.15, 0.2) is 17.5 Å². The van der Waals surface area contributed by atoms with Crippen molar-refractivity contribution in [3.63, 3.8) is 0 Å². The van der Waals surface area contributed by atoms with Gasteiger partial charge in [-0.15, -0.1) is 0 Å². The van der Waals surface area contributed by atoms with Crippen LogP contribution in [0.15, 0.2) is 200 Å². The normalized spacial score (nSPS) is 11.6. The van der Waals surface area contributed by atoms with Crippen LogP contribution in [-0.2, 0) is 0 Å². The maximum atomic E-state index is 5.04. The molecule has 0 saturated heterocycles. The summed E-state index contributed by atoms with van der Waals surface area (Å²) in [7, 11) is 0. The molecule has 56 heavy (non-hydrogen) atoms. The van der Waals surface area contributed by atoms with Gasteiger partial charge in [0.1, 0.15) is 0 Å². The summed E-state index contributed by atoms with van der Waals surface area (Å²) in [4.78, 5) is 15.0. The summed E-state index contributed by atoms with van der Waals surface area (Å²) in [5, 5.41) is 4.90. The molecule has 5 nitrogen and oxygen atoms in total.